The van der Waals surface area contributed by atoms with E-state index in [2.05, 4.69) is 10.5 Å². The molecule has 5 nitrogen and oxygen atoms in total. The fraction of sp³-hybridized carbons (Fsp3) is 0.800. The number of nitrogens with one attached hydrogen (secondary N) is 1. The molecule has 2 unspecified atom stereocenters. The Labute approximate surface area is 132 Å². The molecule has 1 aromatic heterocycles. The summed E-state index contributed by atoms with van der Waals surface area (Å²) in [6.07, 6.45) is 7.20. The van der Waals surface area contributed by atoms with E-state index < -0.39 is 0 Å². The molecular formula is C15H27ClN4O. The Morgan fingerprint density at radius 1 is 1.43 bits per heavy atom. The third-order valence-electron chi connectivity index (χ3n) is 4.69. The lowest BCUT2D eigenvalue weighted by atomic mass is 9.81. The summed E-state index contributed by atoms with van der Waals surface area (Å²) in [5.74, 6) is 6.38. The molecule has 0 aromatic carbocycles. The molecule has 0 bridgehead atoms. The summed E-state index contributed by atoms with van der Waals surface area (Å²) >= 11 is 6.34. The largest absolute Gasteiger partial charge is 0.379 e. The topological polar surface area (TPSA) is 65.1 Å². The summed E-state index contributed by atoms with van der Waals surface area (Å²) < 4.78 is 7.50. The Kier molecular flexibility index (Phi) is 6.05. The fourth-order valence-corrected chi connectivity index (χ4v) is 3.80. The van der Waals surface area contributed by atoms with Crippen LogP contribution in [0.25, 0.3) is 0 Å². The first-order valence-electron chi connectivity index (χ1n) is 7.75. The molecule has 3 N–H and O–H groups in total. The van der Waals surface area contributed by atoms with E-state index in [1.165, 1.54) is 32.1 Å². The number of aromatic nitrogens is 2. The van der Waals surface area contributed by atoms with Gasteiger partial charge in [-0.15, -0.1) is 0 Å². The molecule has 1 saturated carbocycles. The Morgan fingerprint density at radius 2 is 2.10 bits per heavy atom. The van der Waals surface area contributed by atoms with Crippen LogP contribution in [-0.2, 0) is 18.2 Å². The van der Waals surface area contributed by atoms with Gasteiger partial charge in [0.25, 0.3) is 0 Å². The van der Waals surface area contributed by atoms with Crippen LogP contribution in [0.15, 0.2) is 0 Å². The monoisotopic (exact) mass is 314 g/mol. The maximum atomic E-state index is 6.34. The van der Waals surface area contributed by atoms with Crippen LogP contribution in [0.1, 0.15) is 43.4 Å². The van der Waals surface area contributed by atoms with Gasteiger partial charge in [-0.1, -0.05) is 30.9 Å². The molecule has 1 fully saturated rings. The molecule has 1 heterocycles. The second-order valence-corrected chi connectivity index (χ2v) is 6.41. The number of aryl methyl sites for hydroxylation is 2. The summed E-state index contributed by atoms with van der Waals surface area (Å²) in [5.41, 5.74) is 4.96. The second kappa shape index (κ2) is 7.58. The van der Waals surface area contributed by atoms with Crippen LogP contribution in [0.4, 0.5) is 0 Å². The van der Waals surface area contributed by atoms with Gasteiger partial charge in [0.1, 0.15) is 5.15 Å². The van der Waals surface area contributed by atoms with E-state index in [1.54, 1.807) is 11.8 Å². The number of nitrogens with zero attached hydrogens (tertiary/aromatic N) is 2. The Balaban J connectivity index is 2.13. The zero-order valence-electron chi connectivity index (χ0n) is 13.2. The smallest absolute Gasteiger partial charge is 0.130 e. The molecule has 0 amide bonds. The molecule has 120 valence electrons. The summed E-state index contributed by atoms with van der Waals surface area (Å²) in [5, 5.41) is 5.06. The molecule has 0 spiro atoms. The van der Waals surface area contributed by atoms with E-state index >= 15 is 0 Å². The molecular weight excluding hydrogens is 288 g/mol. The van der Waals surface area contributed by atoms with Gasteiger partial charge >= 0.3 is 0 Å². The highest BCUT2D eigenvalue weighted by atomic mass is 35.5. The zero-order valence-corrected chi connectivity index (χ0v) is 14.0. The number of hydrazine groups is 1. The van der Waals surface area contributed by atoms with Crippen molar-refractivity contribution >= 4 is 11.6 Å². The Hall–Kier alpha value is -0.620. The van der Waals surface area contributed by atoms with Crippen LogP contribution in [0.5, 0.6) is 0 Å². The van der Waals surface area contributed by atoms with Gasteiger partial charge < -0.3 is 4.74 Å². The highest BCUT2D eigenvalue weighted by Crippen LogP contribution is 2.31. The minimum atomic E-state index is 0.0542. The standard InChI is InChI=1S/C15H27ClN4O/c1-10-12(15(16)20(2)19-10)9-13(18-17)14(21-3)11-7-5-4-6-8-11/h11,13-14,18H,4-9,17H2,1-3H3. The van der Waals surface area contributed by atoms with Crippen molar-refractivity contribution in [1.29, 1.82) is 0 Å². The predicted molar refractivity (Wildman–Crippen MR) is 85.1 cm³/mol. The number of nitrogens with two attached hydrogens (primary N) is 1. The zero-order chi connectivity index (χ0) is 15.4. The van der Waals surface area contributed by atoms with Crippen LogP contribution in [0.2, 0.25) is 5.15 Å². The molecule has 0 aliphatic heterocycles. The Bertz CT molecular complexity index is 457. The number of rotatable bonds is 6. The molecule has 2 rings (SSSR count). The first kappa shape index (κ1) is 16.7. The van der Waals surface area contributed by atoms with Crippen molar-refractivity contribution in [2.24, 2.45) is 18.8 Å². The number of hydrogen-bond donors (Lipinski definition) is 2. The molecule has 0 radical (unpaired) electrons. The second-order valence-electron chi connectivity index (χ2n) is 6.05. The van der Waals surface area contributed by atoms with Crippen molar-refractivity contribution in [1.82, 2.24) is 15.2 Å². The minimum absolute atomic E-state index is 0.0542. The van der Waals surface area contributed by atoms with Gasteiger partial charge in [0.2, 0.25) is 0 Å². The van der Waals surface area contributed by atoms with Crippen LogP contribution < -0.4 is 11.3 Å². The highest BCUT2D eigenvalue weighted by Gasteiger charge is 2.31. The summed E-state index contributed by atoms with van der Waals surface area (Å²) in [7, 11) is 3.64. The van der Waals surface area contributed by atoms with E-state index in [0.29, 0.717) is 11.1 Å². The van der Waals surface area contributed by atoms with E-state index in [4.69, 9.17) is 22.2 Å². The normalized spacial score (nSPS) is 19.7. The third kappa shape index (κ3) is 3.77. The van der Waals surface area contributed by atoms with E-state index in [1.807, 2.05) is 14.0 Å². The average Bonchev–Trinajstić information content (AvgIpc) is 2.74. The maximum absolute atomic E-state index is 6.34. The van der Waals surface area contributed by atoms with E-state index in [9.17, 15) is 0 Å². The fourth-order valence-electron chi connectivity index (χ4n) is 3.54. The molecule has 6 heteroatoms. The van der Waals surface area contributed by atoms with Gasteiger partial charge in [0.05, 0.1) is 17.8 Å². The van der Waals surface area contributed by atoms with Crippen LogP contribution >= 0.6 is 11.6 Å². The number of ether oxygens (including phenoxy) is 1. The van der Waals surface area contributed by atoms with Crippen molar-refractivity contribution < 1.29 is 4.74 Å². The molecule has 1 aromatic rings. The quantitative estimate of drug-likeness (QED) is 0.625. The number of hydrogen-bond acceptors (Lipinski definition) is 4. The molecule has 1 aliphatic rings. The summed E-state index contributed by atoms with van der Waals surface area (Å²) in [4.78, 5) is 0. The van der Waals surface area contributed by atoms with Gasteiger partial charge in [-0.2, -0.15) is 5.10 Å². The van der Waals surface area contributed by atoms with Crippen LogP contribution in [-0.4, -0.2) is 29.0 Å². The molecule has 21 heavy (non-hydrogen) atoms. The van der Waals surface area contributed by atoms with Crippen molar-refractivity contribution in [2.45, 2.75) is 57.6 Å². The van der Waals surface area contributed by atoms with Crippen molar-refractivity contribution in [2.75, 3.05) is 7.11 Å². The van der Waals surface area contributed by atoms with E-state index in [0.717, 1.165) is 17.7 Å². The minimum Gasteiger partial charge on any atom is -0.379 e. The van der Waals surface area contributed by atoms with Gasteiger partial charge in [0.15, 0.2) is 0 Å². The number of halogens is 1. The first-order valence-corrected chi connectivity index (χ1v) is 8.13. The maximum Gasteiger partial charge on any atom is 0.130 e. The van der Waals surface area contributed by atoms with Crippen molar-refractivity contribution in [3.63, 3.8) is 0 Å². The summed E-state index contributed by atoms with van der Waals surface area (Å²) in [6, 6.07) is 0.0542. The van der Waals surface area contributed by atoms with Crippen molar-refractivity contribution in [3.05, 3.63) is 16.4 Å². The highest BCUT2D eigenvalue weighted by molar-refractivity contribution is 6.30. The first-order chi connectivity index (χ1) is 10.1. The average molecular weight is 315 g/mol. The predicted octanol–water partition coefficient (Wildman–Crippen LogP) is 2.35. The lowest BCUT2D eigenvalue weighted by Gasteiger charge is -2.34. The number of methoxy groups -OCH3 is 1. The lowest BCUT2D eigenvalue weighted by molar-refractivity contribution is 0.00824. The third-order valence-corrected chi connectivity index (χ3v) is 5.16. The molecule has 1 aliphatic carbocycles. The molecule has 2 atom stereocenters. The lowest BCUT2D eigenvalue weighted by Crippen LogP contribution is -2.49. The van der Waals surface area contributed by atoms with Crippen LogP contribution in [0, 0.1) is 12.8 Å². The van der Waals surface area contributed by atoms with Gasteiger partial charge in [0, 0.05) is 19.7 Å². The van der Waals surface area contributed by atoms with Gasteiger partial charge in [-0.05, 0) is 32.1 Å². The van der Waals surface area contributed by atoms with Crippen molar-refractivity contribution in [3.8, 4) is 0 Å². The Morgan fingerprint density at radius 3 is 2.57 bits per heavy atom. The van der Waals surface area contributed by atoms with Crippen LogP contribution in [0.3, 0.4) is 0 Å². The SMILES string of the molecule is COC(C1CCCCC1)C(Cc1c(C)nn(C)c1Cl)NN. The van der Waals surface area contributed by atoms with Gasteiger partial charge in [-0.25, -0.2) is 0 Å². The van der Waals surface area contributed by atoms with E-state index in [-0.39, 0.29) is 12.1 Å². The van der Waals surface area contributed by atoms with Gasteiger partial charge in [-0.3, -0.25) is 16.0 Å². The molecule has 0 saturated heterocycles. The summed E-state index contributed by atoms with van der Waals surface area (Å²) in [6.45, 7) is 1.98.